The van der Waals surface area contributed by atoms with Crippen molar-refractivity contribution in [2.24, 2.45) is 5.92 Å². The van der Waals surface area contributed by atoms with E-state index >= 15 is 0 Å². The Morgan fingerprint density at radius 3 is 2.53 bits per heavy atom. The Bertz CT molecular complexity index is 518. The highest BCUT2D eigenvalue weighted by molar-refractivity contribution is 6.42. The summed E-state index contributed by atoms with van der Waals surface area (Å²) in [6, 6.07) is 3.97. The zero-order valence-corrected chi connectivity index (χ0v) is 11.7. The van der Waals surface area contributed by atoms with E-state index in [2.05, 4.69) is 5.32 Å². The molecule has 1 N–H and O–H groups in total. The Morgan fingerprint density at radius 1 is 1.32 bits per heavy atom. The summed E-state index contributed by atoms with van der Waals surface area (Å²) < 4.78 is 0. The van der Waals surface area contributed by atoms with Crippen LogP contribution >= 0.6 is 23.2 Å². The Hall–Kier alpha value is -1.46. The highest BCUT2D eigenvalue weighted by atomic mass is 35.5. The average molecular weight is 303 g/mol. The molecule has 0 unspecified atom stereocenters. The topological polar surface area (TPSA) is 58.6 Å². The molecule has 1 fully saturated rings. The monoisotopic (exact) mass is 302 g/mol. The number of anilines is 1. The standard InChI is InChI=1S/C12H12Cl2N2O3/c1-15-12(18)16(19-11(17)7-2-3-7)8-4-5-9(13)10(14)6-8/h4-7H,2-3H2,1H3,(H,15,18). The summed E-state index contributed by atoms with van der Waals surface area (Å²) in [5.74, 6) is -0.537. The van der Waals surface area contributed by atoms with E-state index in [1.165, 1.54) is 19.2 Å². The first kappa shape index (κ1) is 14.0. The highest BCUT2D eigenvalue weighted by Crippen LogP contribution is 2.32. The predicted octanol–water partition coefficient (Wildman–Crippen LogP) is 3.01. The van der Waals surface area contributed by atoms with Crippen LogP contribution in [0.5, 0.6) is 0 Å². The fraction of sp³-hybridized carbons (Fsp3) is 0.333. The number of amides is 2. The van der Waals surface area contributed by atoms with E-state index in [1.54, 1.807) is 6.07 Å². The molecule has 0 aliphatic heterocycles. The van der Waals surface area contributed by atoms with Crippen LogP contribution in [0.2, 0.25) is 10.0 Å². The molecule has 2 amide bonds. The molecule has 19 heavy (non-hydrogen) atoms. The molecule has 7 heteroatoms. The lowest BCUT2D eigenvalue weighted by Crippen LogP contribution is -2.40. The Balaban J connectivity index is 2.22. The minimum atomic E-state index is -0.563. The minimum Gasteiger partial charge on any atom is -0.338 e. The van der Waals surface area contributed by atoms with Crippen LogP contribution in [-0.4, -0.2) is 19.0 Å². The molecule has 0 radical (unpaired) electrons. The fourth-order valence-electron chi connectivity index (χ4n) is 1.41. The van der Waals surface area contributed by atoms with Gasteiger partial charge in [0.05, 0.1) is 21.7 Å². The first-order valence-electron chi connectivity index (χ1n) is 5.71. The second-order valence-electron chi connectivity index (χ2n) is 4.13. The average Bonchev–Trinajstić information content (AvgIpc) is 3.22. The van der Waals surface area contributed by atoms with Gasteiger partial charge in [-0.3, -0.25) is 0 Å². The smallest absolute Gasteiger partial charge is 0.338 e. The first-order valence-corrected chi connectivity index (χ1v) is 6.47. The van der Waals surface area contributed by atoms with Crippen LogP contribution < -0.4 is 10.4 Å². The van der Waals surface area contributed by atoms with Crippen molar-refractivity contribution in [2.75, 3.05) is 12.1 Å². The van der Waals surface area contributed by atoms with Gasteiger partial charge in [-0.05, 0) is 31.0 Å². The lowest BCUT2D eigenvalue weighted by molar-refractivity contribution is -0.145. The van der Waals surface area contributed by atoms with E-state index in [4.69, 9.17) is 28.0 Å². The summed E-state index contributed by atoms with van der Waals surface area (Å²) in [5, 5.41) is 3.90. The third kappa shape index (κ3) is 3.30. The maximum absolute atomic E-state index is 11.7. The molecule has 0 saturated heterocycles. The second kappa shape index (κ2) is 5.67. The Kier molecular flexibility index (Phi) is 4.17. The molecule has 0 aromatic heterocycles. The Labute approximate surface area is 120 Å². The van der Waals surface area contributed by atoms with Crippen LogP contribution in [0.15, 0.2) is 18.2 Å². The van der Waals surface area contributed by atoms with Gasteiger partial charge in [0.25, 0.3) is 0 Å². The second-order valence-corrected chi connectivity index (χ2v) is 4.95. The van der Waals surface area contributed by atoms with Crippen molar-refractivity contribution in [3.63, 3.8) is 0 Å². The van der Waals surface area contributed by atoms with E-state index in [-0.39, 0.29) is 10.9 Å². The van der Waals surface area contributed by atoms with Gasteiger partial charge in [0.2, 0.25) is 0 Å². The number of hydrogen-bond acceptors (Lipinski definition) is 3. The maximum atomic E-state index is 11.7. The number of halogens is 2. The van der Waals surface area contributed by atoms with E-state index < -0.39 is 12.0 Å². The van der Waals surface area contributed by atoms with E-state index in [0.717, 1.165) is 17.9 Å². The van der Waals surface area contributed by atoms with Crippen LogP contribution in [0.3, 0.4) is 0 Å². The third-order valence-electron chi connectivity index (χ3n) is 2.63. The maximum Gasteiger partial charge on any atom is 0.355 e. The zero-order chi connectivity index (χ0) is 14.0. The van der Waals surface area contributed by atoms with Gasteiger partial charge in [-0.2, -0.15) is 0 Å². The summed E-state index contributed by atoms with van der Waals surface area (Å²) in [4.78, 5) is 28.5. The number of carbonyl (C=O) groups excluding carboxylic acids is 2. The quantitative estimate of drug-likeness (QED) is 0.854. The van der Waals surface area contributed by atoms with Crippen LogP contribution in [-0.2, 0) is 9.63 Å². The van der Waals surface area contributed by atoms with Crippen LogP contribution in [0.25, 0.3) is 0 Å². The highest BCUT2D eigenvalue weighted by Gasteiger charge is 2.34. The summed E-state index contributed by atoms with van der Waals surface area (Å²) in [6.45, 7) is 0. The largest absolute Gasteiger partial charge is 0.355 e. The van der Waals surface area contributed by atoms with Gasteiger partial charge >= 0.3 is 12.0 Å². The molecule has 5 nitrogen and oxygen atoms in total. The van der Waals surface area contributed by atoms with E-state index in [9.17, 15) is 9.59 Å². The van der Waals surface area contributed by atoms with Crippen molar-refractivity contribution in [1.82, 2.24) is 5.32 Å². The van der Waals surface area contributed by atoms with Crippen molar-refractivity contribution >= 4 is 40.9 Å². The minimum absolute atomic E-state index is 0.116. The van der Waals surface area contributed by atoms with E-state index in [0.29, 0.717) is 10.7 Å². The molecular formula is C12H12Cl2N2O3. The molecule has 0 spiro atoms. The summed E-state index contributed by atoms with van der Waals surface area (Å²) in [5.41, 5.74) is 0.336. The van der Waals surface area contributed by atoms with Crippen LogP contribution in [0.1, 0.15) is 12.8 Å². The number of nitrogens with zero attached hydrogens (tertiary/aromatic N) is 1. The molecule has 102 valence electrons. The number of carbonyl (C=O) groups is 2. The number of benzene rings is 1. The molecule has 1 aromatic carbocycles. The third-order valence-corrected chi connectivity index (χ3v) is 3.37. The van der Waals surface area contributed by atoms with Crippen molar-refractivity contribution in [3.8, 4) is 0 Å². The number of hydroxylamine groups is 1. The van der Waals surface area contributed by atoms with Gasteiger partial charge < -0.3 is 10.2 Å². The molecule has 1 aliphatic carbocycles. The summed E-state index contributed by atoms with van der Waals surface area (Å²) >= 11 is 11.7. The van der Waals surface area contributed by atoms with Crippen molar-refractivity contribution in [2.45, 2.75) is 12.8 Å². The van der Waals surface area contributed by atoms with Gasteiger partial charge in [-0.15, -0.1) is 5.06 Å². The fourth-order valence-corrected chi connectivity index (χ4v) is 1.70. The number of hydrogen-bond donors (Lipinski definition) is 1. The first-order chi connectivity index (χ1) is 9.02. The molecular weight excluding hydrogens is 291 g/mol. The summed E-state index contributed by atoms with van der Waals surface area (Å²) in [7, 11) is 1.44. The number of nitrogens with one attached hydrogen (secondary N) is 1. The van der Waals surface area contributed by atoms with Gasteiger partial charge in [-0.1, -0.05) is 23.2 Å². The molecule has 0 atom stereocenters. The van der Waals surface area contributed by atoms with E-state index in [1.807, 2.05) is 0 Å². The Morgan fingerprint density at radius 2 is 2.00 bits per heavy atom. The summed E-state index contributed by atoms with van der Waals surface area (Å²) in [6.07, 6.45) is 1.59. The number of urea groups is 1. The molecule has 2 rings (SSSR count). The van der Waals surface area contributed by atoms with Crippen molar-refractivity contribution < 1.29 is 14.4 Å². The normalized spacial score (nSPS) is 13.8. The molecule has 0 bridgehead atoms. The zero-order valence-electron chi connectivity index (χ0n) is 10.2. The lowest BCUT2D eigenvalue weighted by Gasteiger charge is -2.20. The van der Waals surface area contributed by atoms with Gasteiger partial charge in [0, 0.05) is 7.05 Å². The molecule has 1 saturated carbocycles. The SMILES string of the molecule is CNC(=O)N(OC(=O)C1CC1)c1ccc(Cl)c(Cl)c1. The van der Waals surface area contributed by atoms with Crippen LogP contribution in [0.4, 0.5) is 10.5 Å². The van der Waals surface area contributed by atoms with Gasteiger partial charge in [0.15, 0.2) is 0 Å². The van der Waals surface area contributed by atoms with Gasteiger partial charge in [0.1, 0.15) is 0 Å². The van der Waals surface area contributed by atoms with Crippen molar-refractivity contribution in [1.29, 1.82) is 0 Å². The van der Waals surface area contributed by atoms with Gasteiger partial charge in [-0.25, -0.2) is 9.59 Å². The lowest BCUT2D eigenvalue weighted by atomic mass is 10.3. The molecule has 1 aliphatic rings. The molecule has 0 heterocycles. The number of rotatable bonds is 2. The predicted molar refractivity (Wildman–Crippen MR) is 72.2 cm³/mol. The molecule has 1 aromatic rings. The van der Waals surface area contributed by atoms with Crippen molar-refractivity contribution in [3.05, 3.63) is 28.2 Å². The van der Waals surface area contributed by atoms with Crippen LogP contribution in [0, 0.1) is 5.92 Å².